The van der Waals surface area contributed by atoms with Gasteiger partial charge in [-0.1, -0.05) is 35.5 Å². The van der Waals surface area contributed by atoms with E-state index in [0.29, 0.717) is 31.3 Å². The molecular formula is C15H16N4O2S. The molecule has 0 atom stereocenters. The van der Waals surface area contributed by atoms with Crippen LogP contribution in [0.3, 0.4) is 0 Å². The van der Waals surface area contributed by atoms with Crippen LogP contribution in [0.2, 0.25) is 0 Å². The van der Waals surface area contributed by atoms with Crippen molar-refractivity contribution in [1.82, 2.24) is 18.9 Å². The molecule has 0 spiro atoms. The summed E-state index contributed by atoms with van der Waals surface area (Å²) in [6.07, 6.45) is 3.85. The molecule has 3 aromatic rings. The van der Waals surface area contributed by atoms with Crippen molar-refractivity contribution < 1.29 is 9.26 Å². The normalized spacial score (nSPS) is 10.9. The second-order valence-corrected chi connectivity index (χ2v) is 5.38. The van der Waals surface area contributed by atoms with E-state index < -0.39 is 0 Å². The first-order valence-electron chi connectivity index (χ1n) is 7.10. The highest BCUT2D eigenvalue weighted by Gasteiger charge is 2.08. The lowest BCUT2D eigenvalue weighted by Crippen LogP contribution is -1.98. The first kappa shape index (κ1) is 14.8. The van der Waals surface area contributed by atoms with Crippen LogP contribution in [0.1, 0.15) is 29.4 Å². The molecule has 0 bridgehead atoms. The second kappa shape index (κ2) is 7.77. The van der Waals surface area contributed by atoms with Crippen molar-refractivity contribution >= 4 is 11.7 Å². The maximum atomic E-state index is 5.63. The van der Waals surface area contributed by atoms with Gasteiger partial charge in [0.1, 0.15) is 0 Å². The SMILES string of the molecule is c1ccc(COCCCc2nc(Cc3cnsn3)no2)cc1. The summed E-state index contributed by atoms with van der Waals surface area (Å²) in [7, 11) is 0. The molecule has 6 nitrogen and oxygen atoms in total. The highest BCUT2D eigenvalue weighted by Crippen LogP contribution is 2.07. The fourth-order valence-electron chi connectivity index (χ4n) is 1.98. The monoisotopic (exact) mass is 316 g/mol. The smallest absolute Gasteiger partial charge is 0.226 e. The van der Waals surface area contributed by atoms with Crippen molar-refractivity contribution in [2.45, 2.75) is 25.9 Å². The lowest BCUT2D eigenvalue weighted by atomic mass is 10.2. The number of aryl methyl sites for hydroxylation is 1. The van der Waals surface area contributed by atoms with E-state index in [4.69, 9.17) is 9.26 Å². The Bertz CT molecular complexity index is 670. The Morgan fingerprint density at radius 3 is 2.91 bits per heavy atom. The summed E-state index contributed by atoms with van der Waals surface area (Å²) in [5.41, 5.74) is 2.04. The van der Waals surface area contributed by atoms with Gasteiger partial charge in [0.25, 0.3) is 0 Å². The summed E-state index contributed by atoms with van der Waals surface area (Å²) in [6.45, 7) is 1.30. The van der Waals surface area contributed by atoms with Gasteiger partial charge in [0.15, 0.2) is 5.82 Å². The zero-order chi connectivity index (χ0) is 15.0. The van der Waals surface area contributed by atoms with Crippen molar-refractivity contribution in [1.29, 1.82) is 0 Å². The zero-order valence-corrected chi connectivity index (χ0v) is 12.8. The Morgan fingerprint density at radius 1 is 1.18 bits per heavy atom. The minimum atomic E-state index is 0.560. The molecule has 1 aromatic carbocycles. The molecule has 7 heteroatoms. The molecule has 0 radical (unpaired) electrons. The summed E-state index contributed by atoms with van der Waals surface area (Å²) >= 11 is 1.18. The second-order valence-electron chi connectivity index (χ2n) is 4.82. The predicted octanol–water partition coefficient (Wildman–Crippen LogP) is 2.66. The standard InChI is InChI=1S/C15H16N4O2S/c1-2-5-12(6-3-1)11-20-8-4-7-15-17-14(18-21-15)9-13-10-16-22-19-13/h1-3,5-6,10H,4,7-9,11H2. The summed E-state index contributed by atoms with van der Waals surface area (Å²) < 4.78 is 18.9. The van der Waals surface area contributed by atoms with Gasteiger partial charge in [0.2, 0.25) is 5.89 Å². The van der Waals surface area contributed by atoms with Crippen LogP contribution >= 0.6 is 11.7 Å². The molecule has 0 saturated heterocycles. The Balaban J connectivity index is 1.36. The highest BCUT2D eigenvalue weighted by atomic mass is 32.1. The molecule has 2 aromatic heterocycles. The van der Waals surface area contributed by atoms with Crippen LogP contribution in [0.15, 0.2) is 41.1 Å². The topological polar surface area (TPSA) is 73.9 Å². The average Bonchev–Trinajstić information content (AvgIpc) is 3.21. The van der Waals surface area contributed by atoms with E-state index in [1.54, 1.807) is 6.20 Å². The van der Waals surface area contributed by atoms with Gasteiger partial charge in [-0.15, -0.1) is 0 Å². The fraction of sp³-hybridized carbons (Fsp3) is 0.333. The molecule has 0 aliphatic heterocycles. The fourth-order valence-corrected chi connectivity index (χ4v) is 2.41. The number of nitrogens with zero attached hydrogens (tertiary/aromatic N) is 4. The Morgan fingerprint density at radius 2 is 2.09 bits per heavy atom. The summed E-state index contributed by atoms with van der Waals surface area (Å²) in [6, 6.07) is 10.1. The van der Waals surface area contributed by atoms with E-state index in [1.165, 1.54) is 17.3 Å². The lowest BCUT2D eigenvalue weighted by molar-refractivity contribution is 0.117. The van der Waals surface area contributed by atoms with E-state index in [0.717, 1.165) is 18.5 Å². The number of hydrogen-bond acceptors (Lipinski definition) is 7. The third-order valence-electron chi connectivity index (χ3n) is 3.05. The summed E-state index contributed by atoms with van der Waals surface area (Å²) in [4.78, 5) is 4.34. The molecule has 0 amide bonds. The number of ether oxygens (including phenoxy) is 1. The minimum absolute atomic E-state index is 0.560. The van der Waals surface area contributed by atoms with Crippen molar-refractivity contribution in [3.8, 4) is 0 Å². The first-order valence-corrected chi connectivity index (χ1v) is 7.83. The van der Waals surface area contributed by atoms with Crippen LogP contribution in [0.5, 0.6) is 0 Å². The molecule has 0 aliphatic carbocycles. The van der Waals surface area contributed by atoms with Crippen LogP contribution in [0, 0.1) is 0 Å². The van der Waals surface area contributed by atoms with E-state index >= 15 is 0 Å². The molecule has 22 heavy (non-hydrogen) atoms. The van der Waals surface area contributed by atoms with Crippen LogP contribution in [-0.4, -0.2) is 25.5 Å². The van der Waals surface area contributed by atoms with Gasteiger partial charge in [-0.25, -0.2) is 0 Å². The molecule has 0 aliphatic rings. The molecule has 114 valence electrons. The highest BCUT2D eigenvalue weighted by molar-refractivity contribution is 6.99. The number of rotatable bonds is 8. The van der Waals surface area contributed by atoms with E-state index in [9.17, 15) is 0 Å². The van der Waals surface area contributed by atoms with Crippen molar-refractivity contribution in [2.75, 3.05) is 6.61 Å². The molecule has 0 saturated carbocycles. The molecule has 3 rings (SSSR count). The van der Waals surface area contributed by atoms with E-state index in [-0.39, 0.29) is 0 Å². The van der Waals surface area contributed by atoms with Crippen LogP contribution in [0.4, 0.5) is 0 Å². The van der Waals surface area contributed by atoms with Crippen LogP contribution in [0.25, 0.3) is 0 Å². The summed E-state index contributed by atoms with van der Waals surface area (Å²) in [5, 5.41) is 3.95. The molecule has 2 heterocycles. The Labute approximate surface area is 132 Å². The zero-order valence-electron chi connectivity index (χ0n) is 12.0. The van der Waals surface area contributed by atoms with Gasteiger partial charge in [-0.3, -0.25) is 0 Å². The summed E-state index contributed by atoms with van der Waals surface area (Å²) in [5.74, 6) is 1.29. The number of hydrogen-bond donors (Lipinski definition) is 0. The van der Waals surface area contributed by atoms with Gasteiger partial charge in [-0.05, 0) is 12.0 Å². The van der Waals surface area contributed by atoms with E-state index in [1.807, 2.05) is 18.2 Å². The average molecular weight is 316 g/mol. The Kier molecular flexibility index (Phi) is 5.22. The van der Waals surface area contributed by atoms with Crippen molar-refractivity contribution in [3.63, 3.8) is 0 Å². The first-order chi connectivity index (χ1) is 10.9. The molecule has 0 unspecified atom stereocenters. The van der Waals surface area contributed by atoms with Crippen LogP contribution < -0.4 is 0 Å². The third kappa shape index (κ3) is 4.44. The van der Waals surface area contributed by atoms with Crippen molar-refractivity contribution in [2.24, 2.45) is 0 Å². The van der Waals surface area contributed by atoms with Crippen molar-refractivity contribution in [3.05, 3.63) is 59.5 Å². The maximum absolute atomic E-state index is 5.63. The van der Waals surface area contributed by atoms with Crippen LogP contribution in [-0.2, 0) is 24.2 Å². The van der Waals surface area contributed by atoms with Gasteiger partial charge >= 0.3 is 0 Å². The molecular weight excluding hydrogens is 300 g/mol. The number of aromatic nitrogens is 4. The maximum Gasteiger partial charge on any atom is 0.226 e. The largest absolute Gasteiger partial charge is 0.377 e. The minimum Gasteiger partial charge on any atom is -0.377 e. The third-order valence-corrected chi connectivity index (χ3v) is 3.56. The molecule has 0 fully saturated rings. The van der Waals surface area contributed by atoms with Gasteiger partial charge in [-0.2, -0.15) is 13.7 Å². The van der Waals surface area contributed by atoms with E-state index in [2.05, 4.69) is 31.0 Å². The predicted molar refractivity (Wildman–Crippen MR) is 81.4 cm³/mol. The number of benzene rings is 1. The van der Waals surface area contributed by atoms with Gasteiger partial charge < -0.3 is 9.26 Å². The quantitative estimate of drug-likeness (QED) is 0.595. The molecule has 0 N–H and O–H groups in total. The van der Waals surface area contributed by atoms with Gasteiger partial charge in [0, 0.05) is 13.0 Å². The Hall–Kier alpha value is -2.12. The van der Waals surface area contributed by atoms with Gasteiger partial charge in [0.05, 0.1) is 36.6 Å². The lowest BCUT2D eigenvalue weighted by Gasteiger charge is -2.02.